The monoisotopic (exact) mass is 461 g/mol. The number of allylic oxidation sites excluding steroid dienone is 3. The van der Waals surface area contributed by atoms with Gasteiger partial charge in [0.25, 0.3) is 0 Å². The first-order valence-electron chi connectivity index (χ1n) is 11.7. The average molecular weight is 462 g/mol. The summed E-state index contributed by atoms with van der Waals surface area (Å²) >= 11 is 0. The molecule has 2 aromatic carbocycles. The zero-order valence-corrected chi connectivity index (χ0v) is 20.1. The number of ketones is 1. The highest BCUT2D eigenvalue weighted by molar-refractivity contribution is 6.04. The first kappa shape index (κ1) is 23.6. The van der Waals surface area contributed by atoms with E-state index in [1.54, 1.807) is 14.0 Å². The lowest BCUT2D eigenvalue weighted by Gasteiger charge is -2.36. The first-order valence-corrected chi connectivity index (χ1v) is 11.7. The molecule has 2 aromatic rings. The molecule has 0 spiro atoms. The van der Waals surface area contributed by atoms with Crippen molar-refractivity contribution in [3.63, 3.8) is 0 Å². The zero-order chi connectivity index (χ0) is 24.2. The number of esters is 1. The van der Waals surface area contributed by atoms with Crippen LogP contribution in [-0.4, -0.2) is 32.1 Å². The van der Waals surface area contributed by atoms with Crippen LogP contribution in [0.5, 0.6) is 11.5 Å². The number of carbonyl (C=O) groups is 2. The molecule has 0 radical (unpaired) electrons. The molecule has 0 aromatic heterocycles. The summed E-state index contributed by atoms with van der Waals surface area (Å²) in [6.07, 6.45) is 1.07. The van der Waals surface area contributed by atoms with Crippen LogP contribution in [0.1, 0.15) is 56.6 Å². The molecular formula is C28H31NO5. The second kappa shape index (κ2) is 10.2. The standard InChI is InChI=1S/C28H31NO5/c1-5-33-22-13-9-19(10-14-22)26-25(28(31)34-6-2)17(3)29-23-15-20(16-24(30)27(23)26)18-7-11-21(32-4)12-8-18/h7-14,20,26,29H,5-6,15-16H2,1-4H3. The van der Waals surface area contributed by atoms with Crippen LogP contribution in [0.3, 0.4) is 0 Å². The number of carbonyl (C=O) groups excluding carboxylic acids is 2. The van der Waals surface area contributed by atoms with Crippen molar-refractivity contribution in [3.8, 4) is 11.5 Å². The highest BCUT2D eigenvalue weighted by atomic mass is 16.5. The van der Waals surface area contributed by atoms with E-state index in [1.165, 1.54) is 0 Å². The molecule has 0 bridgehead atoms. The Kier molecular flexibility index (Phi) is 7.06. The molecule has 34 heavy (non-hydrogen) atoms. The van der Waals surface area contributed by atoms with Gasteiger partial charge in [-0.25, -0.2) is 4.79 Å². The molecule has 2 unspecified atom stereocenters. The third-order valence-electron chi connectivity index (χ3n) is 6.43. The third kappa shape index (κ3) is 4.58. The van der Waals surface area contributed by atoms with Gasteiger partial charge in [-0.2, -0.15) is 0 Å². The fourth-order valence-electron chi connectivity index (χ4n) is 4.89. The molecule has 2 aliphatic rings. The van der Waals surface area contributed by atoms with E-state index in [0.29, 0.717) is 30.6 Å². The van der Waals surface area contributed by atoms with Crippen LogP contribution in [0.4, 0.5) is 0 Å². The largest absolute Gasteiger partial charge is 0.497 e. The van der Waals surface area contributed by atoms with Gasteiger partial charge in [-0.3, -0.25) is 4.79 Å². The second-order valence-corrected chi connectivity index (χ2v) is 8.51. The van der Waals surface area contributed by atoms with Crippen LogP contribution in [0.2, 0.25) is 0 Å². The van der Waals surface area contributed by atoms with Crippen molar-refractivity contribution in [1.82, 2.24) is 5.32 Å². The van der Waals surface area contributed by atoms with E-state index in [-0.39, 0.29) is 18.3 Å². The molecule has 4 rings (SSSR count). The Morgan fingerprint density at radius 2 is 1.59 bits per heavy atom. The predicted molar refractivity (Wildman–Crippen MR) is 130 cm³/mol. The molecule has 1 N–H and O–H groups in total. The summed E-state index contributed by atoms with van der Waals surface area (Å²) < 4.78 is 16.2. The van der Waals surface area contributed by atoms with Gasteiger partial charge in [-0.1, -0.05) is 24.3 Å². The summed E-state index contributed by atoms with van der Waals surface area (Å²) in [7, 11) is 1.64. The Bertz CT molecular complexity index is 1130. The Morgan fingerprint density at radius 1 is 0.941 bits per heavy atom. The van der Waals surface area contributed by atoms with Gasteiger partial charge in [0.1, 0.15) is 11.5 Å². The fraction of sp³-hybridized carbons (Fsp3) is 0.357. The van der Waals surface area contributed by atoms with Gasteiger partial charge < -0.3 is 19.5 Å². The first-order chi connectivity index (χ1) is 16.5. The summed E-state index contributed by atoms with van der Waals surface area (Å²) in [5.74, 6) is 0.765. The van der Waals surface area contributed by atoms with Crippen LogP contribution in [0, 0.1) is 0 Å². The van der Waals surface area contributed by atoms with Gasteiger partial charge in [-0.05, 0) is 68.5 Å². The average Bonchev–Trinajstić information content (AvgIpc) is 2.84. The number of Topliss-reactive ketones (excluding diaryl/α,β-unsaturated/α-hetero) is 1. The van der Waals surface area contributed by atoms with Crippen LogP contribution in [0.25, 0.3) is 0 Å². The number of hydrogen-bond donors (Lipinski definition) is 1. The highest BCUT2D eigenvalue weighted by Gasteiger charge is 2.41. The molecule has 6 heteroatoms. The molecule has 1 aliphatic carbocycles. The van der Waals surface area contributed by atoms with Crippen molar-refractivity contribution in [3.05, 3.63) is 82.2 Å². The Labute approximate surface area is 200 Å². The molecule has 6 nitrogen and oxygen atoms in total. The van der Waals surface area contributed by atoms with Crippen molar-refractivity contribution in [2.24, 2.45) is 0 Å². The van der Waals surface area contributed by atoms with Crippen molar-refractivity contribution < 1.29 is 23.8 Å². The van der Waals surface area contributed by atoms with Crippen molar-refractivity contribution in [2.45, 2.75) is 45.4 Å². The lowest BCUT2D eigenvalue weighted by molar-refractivity contribution is -0.138. The van der Waals surface area contributed by atoms with Crippen molar-refractivity contribution >= 4 is 11.8 Å². The number of nitrogens with one attached hydrogen (secondary N) is 1. The number of methoxy groups -OCH3 is 1. The smallest absolute Gasteiger partial charge is 0.336 e. The summed E-state index contributed by atoms with van der Waals surface area (Å²) in [6, 6.07) is 15.5. The van der Waals surface area contributed by atoms with Crippen LogP contribution in [-0.2, 0) is 14.3 Å². The number of benzene rings is 2. The minimum absolute atomic E-state index is 0.0442. The summed E-state index contributed by atoms with van der Waals surface area (Å²) in [4.78, 5) is 26.6. The summed E-state index contributed by atoms with van der Waals surface area (Å²) in [6.45, 7) is 6.43. The quantitative estimate of drug-likeness (QED) is 0.584. The molecule has 0 fully saturated rings. The molecule has 1 aliphatic heterocycles. The number of rotatable bonds is 7. The summed E-state index contributed by atoms with van der Waals surface area (Å²) in [5.41, 5.74) is 4.71. The molecule has 0 amide bonds. The number of dihydropyridines is 1. The van der Waals surface area contributed by atoms with Crippen LogP contribution in [0.15, 0.2) is 71.1 Å². The van der Waals surface area contributed by atoms with E-state index in [9.17, 15) is 9.59 Å². The molecular weight excluding hydrogens is 430 g/mol. The van der Waals surface area contributed by atoms with E-state index in [4.69, 9.17) is 14.2 Å². The molecule has 2 atom stereocenters. The minimum atomic E-state index is -0.477. The van der Waals surface area contributed by atoms with Gasteiger partial charge in [0.15, 0.2) is 5.78 Å². The normalized spacial score (nSPS) is 19.9. The molecule has 0 saturated carbocycles. The predicted octanol–water partition coefficient (Wildman–Crippen LogP) is 5.02. The molecule has 1 heterocycles. The van der Waals surface area contributed by atoms with Gasteiger partial charge >= 0.3 is 5.97 Å². The van der Waals surface area contributed by atoms with E-state index >= 15 is 0 Å². The fourth-order valence-corrected chi connectivity index (χ4v) is 4.89. The van der Waals surface area contributed by atoms with Gasteiger partial charge in [0.2, 0.25) is 0 Å². The van der Waals surface area contributed by atoms with Crippen LogP contribution >= 0.6 is 0 Å². The Morgan fingerprint density at radius 3 is 2.21 bits per heavy atom. The van der Waals surface area contributed by atoms with Gasteiger partial charge in [0, 0.05) is 29.3 Å². The lowest BCUT2D eigenvalue weighted by Crippen LogP contribution is -2.36. The molecule has 178 valence electrons. The SMILES string of the molecule is CCOC(=O)C1=C(C)NC2=C(C(=O)CC(c3ccc(OC)cc3)C2)C1c1ccc(OCC)cc1. The zero-order valence-electron chi connectivity index (χ0n) is 20.1. The molecule has 0 saturated heterocycles. The number of ether oxygens (including phenoxy) is 3. The lowest BCUT2D eigenvalue weighted by atomic mass is 9.71. The van der Waals surface area contributed by atoms with Crippen molar-refractivity contribution in [2.75, 3.05) is 20.3 Å². The van der Waals surface area contributed by atoms with E-state index in [0.717, 1.165) is 34.0 Å². The van der Waals surface area contributed by atoms with Gasteiger partial charge in [0.05, 0.1) is 25.9 Å². The van der Waals surface area contributed by atoms with Gasteiger partial charge in [-0.15, -0.1) is 0 Å². The second-order valence-electron chi connectivity index (χ2n) is 8.51. The third-order valence-corrected chi connectivity index (χ3v) is 6.43. The maximum absolute atomic E-state index is 13.6. The van der Waals surface area contributed by atoms with Crippen LogP contribution < -0.4 is 14.8 Å². The van der Waals surface area contributed by atoms with E-state index in [1.807, 2.05) is 62.4 Å². The number of hydrogen-bond acceptors (Lipinski definition) is 6. The minimum Gasteiger partial charge on any atom is -0.497 e. The Hall–Kier alpha value is -3.54. The maximum atomic E-state index is 13.6. The highest BCUT2D eigenvalue weighted by Crippen LogP contribution is 2.46. The summed E-state index contributed by atoms with van der Waals surface area (Å²) in [5, 5.41) is 3.38. The van der Waals surface area contributed by atoms with E-state index < -0.39 is 11.9 Å². The Balaban J connectivity index is 1.74. The van der Waals surface area contributed by atoms with Crippen molar-refractivity contribution in [1.29, 1.82) is 0 Å². The topological polar surface area (TPSA) is 73.9 Å². The van der Waals surface area contributed by atoms with E-state index in [2.05, 4.69) is 5.32 Å². The maximum Gasteiger partial charge on any atom is 0.336 e.